The maximum absolute atomic E-state index is 13.8. The van der Waals surface area contributed by atoms with Crippen molar-refractivity contribution in [1.82, 2.24) is 9.29 Å². The molecule has 2 fully saturated rings. The second-order valence-electron chi connectivity index (χ2n) is 8.44. The molecule has 152 valence electrons. The van der Waals surface area contributed by atoms with Crippen LogP contribution in [0.2, 0.25) is 0 Å². The molecule has 4 rings (SSSR count). The first-order chi connectivity index (χ1) is 13.0. The summed E-state index contributed by atoms with van der Waals surface area (Å²) in [6, 6.07) is 4.39. The lowest BCUT2D eigenvalue weighted by atomic mass is 9.73. The summed E-state index contributed by atoms with van der Waals surface area (Å²) < 4.78 is 55.6. The predicted octanol–water partition coefficient (Wildman–Crippen LogP) is 4.59. The smallest absolute Gasteiger partial charge is 0.399 e. The predicted molar refractivity (Wildman–Crippen MR) is 106 cm³/mol. The van der Waals surface area contributed by atoms with Crippen molar-refractivity contribution in [3.63, 3.8) is 0 Å². The van der Waals surface area contributed by atoms with Crippen LogP contribution >= 0.6 is 11.9 Å². The number of nitrogens with one attached hydrogen (secondary N) is 1. The fourth-order valence-electron chi connectivity index (χ4n) is 3.63. The van der Waals surface area contributed by atoms with Gasteiger partial charge in [0.05, 0.1) is 21.8 Å². The van der Waals surface area contributed by atoms with Crippen LogP contribution < -0.4 is 5.46 Å². The number of hydrogen-bond acceptors (Lipinski definition) is 4. The van der Waals surface area contributed by atoms with E-state index in [0.29, 0.717) is 10.9 Å². The minimum absolute atomic E-state index is 0.0492. The van der Waals surface area contributed by atoms with Crippen LogP contribution in [-0.2, 0) is 15.5 Å². The van der Waals surface area contributed by atoms with Crippen molar-refractivity contribution < 1.29 is 22.5 Å². The molecule has 3 heterocycles. The van der Waals surface area contributed by atoms with Crippen LogP contribution in [0.15, 0.2) is 23.2 Å². The van der Waals surface area contributed by atoms with E-state index < -0.39 is 30.1 Å². The normalized spacial score (nSPS) is 22.5. The minimum Gasteiger partial charge on any atom is -0.399 e. The molecular weight excluding hydrogens is 388 g/mol. The molecule has 0 radical (unpaired) electrons. The van der Waals surface area contributed by atoms with E-state index >= 15 is 0 Å². The van der Waals surface area contributed by atoms with Crippen molar-refractivity contribution in [2.24, 2.45) is 0 Å². The Kier molecular flexibility index (Phi) is 4.81. The summed E-state index contributed by atoms with van der Waals surface area (Å²) in [5.41, 5.74) is -1.44. The van der Waals surface area contributed by atoms with Gasteiger partial charge in [-0.2, -0.15) is 13.2 Å². The van der Waals surface area contributed by atoms with Gasteiger partial charge >= 0.3 is 13.3 Å². The van der Waals surface area contributed by atoms with Gasteiger partial charge in [-0.05, 0) is 70.7 Å². The van der Waals surface area contributed by atoms with Gasteiger partial charge in [0.2, 0.25) is 0 Å². The number of benzene rings is 1. The molecule has 4 nitrogen and oxygen atoms in total. The average Bonchev–Trinajstić information content (AvgIpc) is 3.24. The molecule has 2 saturated heterocycles. The molecule has 0 aliphatic carbocycles. The second-order valence-corrected chi connectivity index (χ2v) is 9.57. The van der Waals surface area contributed by atoms with Crippen molar-refractivity contribution in [1.29, 1.82) is 0 Å². The molecule has 0 saturated carbocycles. The van der Waals surface area contributed by atoms with Gasteiger partial charge in [-0.25, -0.2) is 4.31 Å². The number of halogens is 3. The van der Waals surface area contributed by atoms with Gasteiger partial charge in [0.15, 0.2) is 0 Å². The summed E-state index contributed by atoms with van der Waals surface area (Å²) in [6.07, 6.45) is -2.21. The van der Waals surface area contributed by atoms with Crippen molar-refractivity contribution in [3.05, 3.63) is 23.8 Å². The molecule has 1 aromatic carbocycles. The van der Waals surface area contributed by atoms with Gasteiger partial charge in [0, 0.05) is 29.5 Å². The molecule has 0 bridgehead atoms. The maximum Gasteiger partial charge on any atom is 0.496 e. The zero-order valence-electron chi connectivity index (χ0n) is 16.4. The van der Waals surface area contributed by atoms with Crippen LogP contribution in [0.5, 0.6) is 0 Å². The standard InChI is InChI=1S/C19H24BF3N2O2S/c1-17(2)18(3,4)27-20(26-17)16-12-11-15(28-25-9-5-6-10-25)24-14(12)8-7-13(16)19(21,22)23/h7-8,11,24H,5-6,9-10H2,1-4H3. The highest BCUT2D eigenvalue weighted by atomic mass is 32.2. The van der Waals surface area contributed by atoms with Crippen LogP contribution in [-0.4, -0.2) is 40.7 Å². The zero-order valence-corrected chi connectivity index (χ0v) is 17.3. The Balaban J connectivity index is 1.80. The van der Waals surface area contributed by atoms with E-state index in [1.54, 1.807) is 18.0 Å². The van der Waals surface area contributed by atoms with Crippen molar-refractivity contribution in [2.45, 2.75) is 62.9 Å². The molecule has 0 atom stereocenters. The van der Waals surface area contributed by atoms with Crippen molar-refractivity contribution in [2.75, 3.05) is 13.1 Å². The molecule has 1 N–H and O–H groups in total. The Morgan fingerprint density at radius 3 is 2.25 bits per heavy atom. The third-order valence-corrected chi connectivity index (χ3v) is 6.95. The molecule has 2 aliphatic heterocycles. The Bertz CT molecular complexity index is 875. The van der Waals surface area contributed by atoms with Gasteiger partial charge in [-0.3, -0.25) is 0 Å². The molecule has 28 heavy (non-hydrogen) atoms. The van der Waals surface area contributed by atoms with Crippen molar-refractivity contribution >= 4 is 35.4 Å². The third kappa shape index (κ3) is 3.47. The number of fused-ring (bicyclic) bond motifs is 1. The van der Waals surface area contributed by atoms with Crippen LogP contribution in [0.1, 0.15) is 46.1 Å². The summed E-state index contributed by atoms with van der Waals surface area (Å²) in [7, 11) is -1.08. The van der Waals surface area contributed by atoms with Gasteiger partial charge in [0.25, 0.3) is 0 Å². The van der Waals surface area contributed by atoms with Gasteiger partial charge in [0.1, 0.15) is 0 Å². The molecule has 1 aromatic heterocycles. The SMILES string of the molecule is CC1(C)OB(c2c(C(F)(F)F)ccc3[nH]c(SN4CCCC4)cc23)OC1(C)C. The number of aromatic nitrogens is 1. The lowest BCUT2D eigenvalue weighted by Crippen LogP contribution is -2.41. The first-order valence-electron chi connectivity index (χ1n) is 9.49. The summed E-state index contributed by atoms with van der Waals surface area (Å²) in [5.74, 6) is 0. The Morgan fingerprint density at radius 1 is 1.07 bits per heavy atom. The monoisotopic (exact) mass is 412 g/mol. The maximum atomic E-state index is 13.8. The quantitative estimate of drug-likeness (QED) is 0.591. The molecule has 2 aliphatic rings. The fourth-order valence-corrected chi connectivity index (χ4v) is 4.68. The number of H-pyrrole nitrogens is 1. The lowest BCUT2D eigenvalue weighted by Gasteiger charge is -2.32. The van der Waals surface area contributed by atoms with E-state index in [1.807, 2.05) is 27.7 Å². The van der Waals surface area contributed by atoms with E-state index in [9.17, 15) is 13.2 Å². The number of nitrogens with zero attached hydrogens (tertiary/aromatic N) is 1. The highest BCUT2D eigenvalue weighted by Gasteiger charge is 2.54. The third-order valence-electron chi connectivity index (χ3n) is 5.91. The minimum atomic E-state index is -4.49. The number of rotatable bonds is 3. The summed E-state index contributed by atoms with van der Waals surface area (Å²) in [4.78, 5) is 3.25. The van der Waals surface area contributed by atoms with Gasteiger partial charge < -0.3 is 14.3 Å². The van der Waals surface area contributed by atoms with Gasteiger partial charge in [-0.1, -0.05) is 0 Å². The van der Waals surface area contributed by atoms with Gasteiger partial charge in [-0.15, -0.1) is 0 Å². The topological polar surface area (TPSA) is 37.5 Å². The van der Waals surface area contributed by atoms with Crippen LogP contribution in [0.25, 0.3) is 10.9 Å². The number of aromatic amines is 1. The van der Waals surface area contributed by atoms with E-state index in [0.717, 1.165) is 37.0 Å². The molecule has 9 heteroatoms. The highest BCUT2D eigenvalue weighted by Crippen LogP contribution is 2.40. The first-order valence-corrected chi connectivity index (χ1v) is 10.3. The number of alkyl halides is 3. The lowest BCUT2D eigenvalue weighted by molar-refractivity contribution is -0.136. The molecule has 2 aromatic rings. The largest absolute Gasteiger partial charge is 0.496 e. The molecular formula is C19H24BF3N2O2S. The zero-order chi connectivity index (χ0) is 20.3. The Labute approximate surface area is 167 Å². The van der Waals surface area contributed by atoms with E-state index in [1.165, 1.54) is 6.07 Å². The highest BCUT2D eigenvalue weighted by molar-refractivity contribution is 7.97. The fraction of sp³-hybridized carbons (Fsp3) is 0.579. The second kappa shape index (κ2) is 6.69. The summed E-state index contributed by atoms with van der Waals surface area (Å²) >= 11 is 1.56. The van der Waals surface area contributed by atoms with Crippen LogP contribution in [0, 0.1) is 0 Å². The average molecular weight is 412 g/mol. The Hall–Kier alpha value is -1.16. The summed E-state index contributed by atoms with van der Waals surface area (Å²) in [6.45, 7) is 9.33. The van der Waals surface area contributed by atoms with Crippen molar-refractivity contribution in [3.8, 4) is 0 Å². The van der Waals surface area contributed by atoms with E-state index in [2.05, 4.69) is 9.29 Å². The Morgan fingerprint density at radius 2 is 1.68 bits per heavy atom. The van der Waals surface area contributed by atoms with E-state index in [4.69, 9.17) is 9.31 Å². The van der Waals surface area contributed by atoms with E-state index in [-0.39, 0.29) is 5.46 Å². The molecule has 0 spiro atoms. The summed E-state index contributed by atoms with van der Waals surface area (Å²) in [5, 5.41) is 1.32. The van der Waals surface area contributed by atoms with Crippen LogP contribution in [0.4, 0.5) is 13.2 Å². The number of hydrogen-bond donors (Lipinski definition) is 1. The van der Waals surface area contributed by atoms with Crippen LogP contribution in [0.3, 0.4) is 0 Å². The molecule has 0 unspecified atom stereocenters. The molecule has 0 amide bonds. The first kappa shape index (κ1) is 20.1.